The van der Waals surface area contributed by atoms with Crippen molar-refractivity contribution < 1.29 is 24.8 Å². The highest BCUT2D eigenvalue weighted by atomic mass is 16.7. The van der Waals surface area contributed by atoms with Crippen LogP contribution in [0.5, 0.6) is 0 Å². The molecular weight excluding hydrogens is 488 g/mol. The van der Waals surface area contributed by atoms with Crippen molar-refractivity contribution in [2.45, 2.75) is 149 Å². The fourth-order valence-electron chi connectivity index (χ4n) is 10.9. The zero-order valence-corrected chi connectivity index (χ0v) is 25.9. The molecule has 0 aromatic carbocycles. The first-order chi connectivity index (χ1) is 18.5. The van der Waals surface area contributed by atoms with Crippen LogP contribution < -0.4 is 0 Å². The van der Waals surface area contributed by atoms with E-state index in [9.17, 15) is 15.3 Å². The van der Waals surface area contributed by atoms with Gasteiger partial charge in [-0.25, -0.2) is 0 Å². The molecule has 3 N–H and O–H groups in total. The average Bonchev–Trinajstić information content (AvgIpc) is 3.26. The minimum absolute atomic E-state index is 0.130. The third kappa shape index (κ3) is 5.51. The molecule has 0 aromatic heterocycles. The second-order valence-electron chi connectivity index (χ2n) is 15.8. The molecule has 6 unspecified atom stereocenters. The van der Waals surface area contributed by atoms with Gasteiger partial charge in [0.2, 0.25) is 0 Å². The first-order valence-electron chi connectivity index (χ1n) is 16.8. The number of rotatable bonds is 8. The van der Waals surface area contributed by atoms with Gasteiger partial charge in [-0.05, 0) is 110 Å². The molecule has 0 bridgehead atoms. The summed E-state index contributed by atoms with van der Waals surface area (Å²) < 4.78 is 12.4. The van der Waals surface area contributed by atoms with Crippen LogP contribution in [-0.4, -0.2) is 52.6 Å². The zero-order valence-electron chi connectivity index (χ0n) is 25.9. The van der Waals surface area contributed by atoms with Crippen molar-refractivity contribution >= 4 is 0 Å². The topological polar surface area (TPSA) is 79.2 Å². The highest BCUT2D eigenvalue weighted by Crippen LogP contribution is 2.68. The fraction of sp³-hybridized carbons (Fsp3) is 1.00. The molecule has 5 heteroatoms. The molecule has 0 amide bonds. The zero-order chi connectivity index (χ0) is 28.1. The molecule has 0 spiro atoms. The summed E-state index contributed by atoms with van der Waals surface area (Å²) in [6, 6.07) is 0. The molecular formula is C34H60O5. The SMILES string of the molecule is CC(C)CCC[C@@H](C)[C@H]1CCC2C3CCC4C[C@@H](O[C@H]5OC(CO)[C@@H](O)[C@H](O)C5C)CC[C@]4(C)C3CC[C@@]21C. The number of aliphatic hydroxyl groups excluding tert-OH is 3. The molecule has 14 atom stereocenters. The van der Waals surface area contributed by atoms with Crippen LogP contribution in [0.1, 0.15) is 119 Å². The highest BCUT2D eigenvalue weighted by Gasteiger charge is 2.60. The van der Waals surface area contributed by atoms with Gasteiger partial charge in [0, 0.05) is 5.92 Å². The predicted octanol–water partition coefficient (Wildman–Crippen LogP) is 6.57. The normalized spacial score (nSPS) is 50.8. The van der Waals surface area contributed by atoms with Crippen LogP contribution in [0.3, 0.4) is 0 Å². The van der Waals surface area contributed by atoms with Crippen LogP contribution in [0.4, 0.5) is 0 Å². The molecule has 5 aliphatic rings. The van der Waals surface area contributed by atoms with Gasteiger partial charge in [-0.3, -0.25) is 0 Å². The average molecular weight is 549 g/mol. The van der Waals surface area contributed by atoms with Crippen LogP contribution in [0, 0.1) is 58.2 Å². The Labute approximate surface area is 238 Å². The maximum absolute atomic E-state index is 10.5. The molecule has 1 saturated heterocycles. The maximum atomic E-state index is 10.5. The van der Waals surface area contributed by atoms with E-state index in [0.29, 0.717) is 16.7 Å². The Balaban J connectivity index is 1.21. The lowest BCUT2D eigenvalue weighted by Crippen LogP contribution is -2.57. The molecule has 1 aliphatic heterocycles. The van der Waals surface area contributed by atoms with Crippen LogP contribution >= 0.6 is 0 Å². The Morgan fingerprint density at radius 2 is 1.59 bits per heavy atom. The van der Waals surface area contributed by atoms with E-state index in [1.54, 1.807) is 0 Å². The van der Waals surface area contributed by atoms with E-state index in [-0.39, 0.29) is 18.6 Å². The quantitative estimate of drug-likeness (QED) is 0.299. The summed E-state index contributed by atoms with van der Waals surface area (Å²) in [7, 11) is 0. The van der Waals surface area contributed by atoms with Crippen molar-refractivity contribution in [3.05, 3.63) is 0 Å². The third-order valence-electron chi connectivity index (χ3n) is 13.3. The molecule has 5 fully saturated rings. The van der Waals surface area contributed by atoms with E-state index >= 15 is 0 Å². The predicted molar refractivity (Wildman–Crippen MR) is 155 cm³/mol. The number of ether oxygens (including phenoxy) is 2. The van der Waals surface area contributed by atoms with Gasteiger partial charge in [-0.15, -0.1) is 0 Å². The van der Waals surface area contributed by atoms with Crippen LogP contribution in [-0.2, 0) is 9.47 Å². The molecule has 1 heterocycles. The molecule has 5 rings (SSSR count). The third-order valence-corrected chi connectivity index (χ3v) is 13.3. The second-order valence-corrected chi connectivity index (χ2v) is 15.8. The summed E-state index contributed by atoms with van der Waals surface area (Å²) in [6.45, 7) is 14.2. The summed E-state index contributed by atoms with van der Waals surface area (Å²) in [5.74, 6) is 5.66. The van der Waals surface area contributed by atoms with E-state index in [0.717, 1.165) is 48.3 Å². The van der Waals surface area contributed by atoms with E-state index in [2.05, 4.69) is 34.6 Å². The van der Waals surface area contributed by atoms with Gasteiger partial charge >= 0.3 is 0 Å². The molecule has 0 aromatic rings. The van der Waals surface area contributed by atoms with E-state index in [1.165, 1.54) is 64.2 Å². The summed E-state index contributed by atoms with van der Waals surface area (Å²) in [4.78, 5) is 0. The van der Waals surface area contributed by atoms with Gasteiger partial charge in [0.25, 0.3) is 0 Å². The van der Waals surface area contributed by atoms with Gasteiger partial charge in [-0.2, -0.15) is 0 Å². The number of aliphatic hydroxyl groups is 3. The van der Waals surface area contributed by atoms with Crippen molar-refractivity contribution in [3.63, 3.8) is 0 Å². The molecule has 5 nitrogen and oxygen atoms in total. The Bertz CT molecular complexity index is 815. The first kappa shape index (κ1) is 30.3. The number of hydrogen-bond acceptors (Lipinski definition) is 5. The van der Waals surface area contributed by atoms with Crippen molar-refractivity contribution in [1.82, 2.24) is 0 Å². The Morgan fingerprint density at radius 1 is 0.872 bits per heavy atom. The number of fused-ring (bicyclic) bond motifs is 5. The molecule has 4 aliphatic carbocycles. The minimum atomic E-state index is -1.06. The summed E-state index contributed by atoms with van der Waals surface area (Å²) >= 11 is 0. The first-order valence-corrected chi connectivity index (χ1v) is 16.8. The molecule has 226 valence electrons. The van der Waals surface area contributed by atoms with E-state index in [1.807, 2.05) is 6.92 Å². The molecule has 39 heavy (non-hydrogen) atoms. The van der Waals surface area contributed by atoms with Crippen LogP contribution in [0.25, 0.3) is 0 Å². The lowest BCUT2D eigenvalue weighted by molar-refractivity contribution is -0.300. The highest BCUT2D eigenvalue weighted by molar-refractivity contribution is 5.10. The Morgan fingerprint density at radius 3 is 2.31 bits per heavy atom. The van der Waals surface area contributed by atoms with Crippen molar-refractivity contribution in [2.24, 2.45) is 58.2 Å². The van der Waals surface area contributed by atoms with Crippen LogP contribution in [0.15, 0.2) is 0 Å². The summed E-state index contributed by atoms with van der Waals surface area (Å²) in [6.07, 6.45) is 12.8. The van der Waals surface area contributed by atoms with Crippen molar-refractivity contribution in [1.29, 1.82) is 0 Å². The van der Waals surface area contributed by atoms with Crippen molar-refractivity contribution in [2.75, 3.05) is 6.61 Å². The van der Waals surface area contributed by atoms with E-state index < -0.39 is 24.6 Å². The van der Waals surface area contributed by atoms with Crippen molar-refractivity contribution in [3.8, 4) is 0 Å². The van der Waals surface area contributed by atoms with Gasteiger partial charge < -0.3 is 24.8 Å². The van der Waals surface area contributed by atoms with Gasteiger partial charge in [0.1, 0.15) is 12.2 Å². The maximum Gasteiger partial charge on any atom is 0.163 e. The van der Waals surface area contributed by atoms with Gasteiger partial charge in [0.05, 0.1) is 18.8 Å². The lowest BCUT2D eigenvalue weighted by atomic mass is 9.44. The smallest absolute Gasteiger partial charge is 0.163 e. The summed E-state index contributed by atoms with van der Waals surface area (Å²) in [5.41, 5.74) is 0.957. The van der Waals surface area contributed by atoms with Gasteiger partial charge in [0.15, 0.2) is 6.29 Å². The largest absolute Gasteiger partial charge is 0.394 e. The lowest BCUT2D eigenvalue weighted by Gasteiger charge is -2.61. The number of hydrogen-bond donors (Lipinski definition) is 3. The second kappa shape index (κ2) is 11.8. The Kier molecular flexibility index (Phi) is 9.17. The molecule has 4 saturated carbocycles. The van der Waals surface area contributed by atoms with Crippen LogP contribution in [0.2, 0.25) is 0 Å². The molecule has 0 radical (unpaired) electrons. The minimum Gasteiger partial charge on any atom is -0.394 e. The summed E-state index contributed by atoms with van der Waals surface area (Å²) in [5, 5.41) is 30.3. The Hall–Kier alpha value is -0.200. The fourth-order valence-corrected chi connectivity index (χ4v) is 10.9. The standard InChI is InChI=1S/C34H60O5/c1-20(2)8-7-9-21(3)26-12-13-27-25-11-10-23-18-24(14-16-33(23,5)28(25)15-17-34(26,27)6)38-32-22(4)30(36)31(37)29(19-35)39-32/h20-32,35-37H,7-19H2,1-6H3/t21-,22?,23?,24+,25?,26-,27?,28?,29?,30-,31-,32+,33+,34-/m1/s1. The van der Waals surface area contributed by atoms with Gasteiger partial charge in [-0.1, -0.05) is 60.8 Å². The van der Waals surface area contributed by atoms with E-state index in [4.69, 9.17) is 9.47 Å². The monoisotopic (exact) mass is 548 g/mol.